The summed E-state index contributed by atoms with van der Waals surface area (Å²) in [6.07, 6.45) is 0.300. The number of amides is 1. The van der Waals surface area contributed by atoms with E-state index in [0.29, 0.717) is 19.5 Å². The van der Waals surface area contributed by atoms with Crippen LogP contribution in [0.4, 0.5) is 0 Å². The lowest BCUT2D eigenvalue weighted by Gasteiger charge is -2.29. The van der Waals surface area contributed by atoms with Gasteiger partial charge in [-0.25, -0.2) is 0 Å². The molecule has 2 atom stereocenters. The molecule has 0 aliphatic carbocycles. The highest BCUT2D eigenvalue weighted by Gasteiger charge is 2.34. The summed E-state index contributed by atoms with van der Waals surface area (Å²) in [5.41, 5.74) is 5.63. The molecule has 1 aliphatic rings. The molecule has 3 N–H and O–H groups in total. The zero-order valence-electron chi connectivity index (χ0n) is 9.16. The van der Waals surface area contributed by atoms with Crippen LogP contribution in [-0.2, 0) is 4.79 Å². The maximum atomic E-state index is 11.8. The number of β-amino-alcohol motifs (C(OH)–C–C–N with tert-alkyl or cyclic N) is 1. The van der Waals surface area contributed by atoms with Crippen molar-refractivity contribution in [3.05, 3.63) is 0 Å². The molecular formula is C10H20N2O2. The van der Waals surface area contributed by atoms with Gasteiger partial charge in [0, 0.05) is 13.1 Å². The molecule has 0 bridgehead atoms. The lowest BCUT2D eigenvalue weighted by atomic mass is 9.86. The molecule has 1 heterocycles. The van der Waals surface area contributed by atoms with Crippen LogP contribution in [0.1, 0.15) is 27.2 Å². The number of carbonyl (C=O) groups is 1. The van der Waals surface area contributed by atoms with E-state index in [0.717, 1.165) is 0 Å². The van der Waals surface area contributed by atoms with Crippen molar-refractivity contribution in [2.75, 3.05) is 13.1 Å². The van der Waals surface area contributed by atoms with Crippen molar-refractivity contribution in [3.8, 4) is 0 Å². The minimum absolute atomic E-state index is 0.0472. The van der Waals surface area contributed by atoms with E-state index in [9.17, 15) is 9.90 Å². The third kappa shape index (κ3) is 2.45. The lowest BCUT2D eigenvalue weighted by Crippen LogP contribution is -2.49. The average Bonchev–Trinajstić information content (AvgIpc) is 2.47. The topological polar surface area (TPSA) is 66.6 Å². The first-order chi connectivity index (χ1) is 6.32. The molecule has 1 aliphatic heterocycles. The molecule has 0 spiro atoms. The van der Waals surface area contributed by atoms with Crippen LogP contribution in [0.15, 0.2) is 0 Å². The summed E-state index contributed by atoms with van der Waals surface area (Å²) in [4.78, 5) is 13.5. The molecule has 82 valence electrons. The van der Waals surface area contributed by atoms with Gasteiger partial charge in [-0.15, -0.1) is 0 Å². The van der Waals surface area contributed by atoms with Crippen molar-refractivity contribution in [2.24, 2.45) is 11.1 Å². The number of nitrogens with two attached hydrogens (primary N) is 1. The Morgan fingerprint density at radius 1 is 1.57 bits per heavy atom. The Hall–Kier alpha value is -0.610. The highest BCUT2D eigenvalue weighted by Crippen LogP contribution is 2.21. The molecule has 1 amide bonds. The normalized spacial score (nSPS) is 25.2. The van der Waals surface area contributed by atoms with E-state index in [1.807, 2.05) is 20.8 Å². The minimum atomic E-state index is -0.479. The number of carbonyl (C=O) groups excluding carboxylic acids is 1. The number of aliphatic hydroxyl groups excluding tert-OH is 1. The zero-order valence-corrected chi connectivity index (χ0v) is 9.16. The Labute approximate surface area is 85.1 Å². The highest BCUT2D eigenvalue weighted by molar-refractivity contribution is 5.82. The van der Waals surface area contributed by atoms with Crippen LogP contribution in [-0.4, -0.2) is 41.1 Å². The van der Waals surface area contributed by atoms with E-state index in [-0.39, 0.29) is 17.4 Å². The third-order valence-electron chi connectivity index (χ3n) is 2.67. The van der Waals surface area contributed by atoms with Crippen molar-refractivity contribution in [3.63, 3.8) is 0 Å². The van der Waals surface area contributed by atoms with Gasteiger partial charge >= 0.3 is 0 Å². The van der Waals surface area contributed by atoms with Gasteiger partial charge in [-0.05, 0) is 11.8 Å². The van der Waals surface area contributed by atoms with Crippen molar-refractivity contribution in [1.29, 1.82) is 0 Å². The first kappa shape index (κ1) is 11.5. The van der Waals surface area contributed by atoms with Crippen molar-refractivity contribution < 1.29 is 9.90 Å². The number of aliphatic hydroxyl groups is 1. The van der Waals surface area contributed by atoms with Gasteiger partial charge in [0.2, 0.25) is 5.91 Å². The fraction of sp³-hybridized carbons (Fsp3) is 0.900. The quantitative estimate of drug-likeness (QED) is 0.624. The minimum Gasteiger partial charge on any atom is -0.391 e. The molecule has 1 rings (SSSR count). The summed E-state index contributed by atoms with van der Waals surface area (Å²) < 4.78 is 0. The van der Waals surface area contributed by atoms with Gasteiger partial charge in [0.05, 0.1) is 12.1 Å². The second-order valence-corrected chi connectivity index (χ2v) is 5.07. The average molecular weight is 200 g/mol. The van der Waals surface area contributed by atoms with E-state index < -0.39 is 6.04 Å². The van der Waals surface area contributed by atoms with Gasteiger partial charge in [-0.2, -0.15) is 0 Å². The van der Waals surface area contributed by atoms with E-state index >= 15 is 0 Å². The zero-order chi connectivity index (χ0) is 10.9. The molecule has 0 radical (unpaired) electrons. The number of nitrogens with zero attached hydrogens (tertiary/aromatic N) is 1. The van der Waals surface area contributed by atoms with E-state index in [1.54, 1.807) is 4.90 Å². The SMILES string of the molecule is CC(C)(C)[C@@H](N)C(=O)N1CC[C@@H](O)C1. The van der Waals surface area contributed by atoms with Crippen LogP contribution in [0.5, 0.6) is 0 Å². The molecule has 14 heavy (non-hydrogen) atoms. The summed E-state index contributed by atoms with van der Waals surface area (Å²) in [6, 6.07) is -0.479. The summed E-state index contributed by atoms with van der Waals surface area (Å²) >= 11 is 0. The Kier molecular flexibility index (Phi) is 3.17. The Morgan fingerprint density at radius 3 is 2.50 bits per heavy atom. The molecular weight excluding hydrogens is 180 g/mol. The van der Waals surface area contributed by atoms with Gasteiger partial charge in [-0.1, -0.05) is 20.8 Å². The highest BCUT2D eigenvalue weighted by atomic mass is 16.3. The van der Waals surface area contributed by atoms with Crippen molar-refractivity contribution in [1.82, 2.24) is 4.90 Å². The van der Waals surface area contributed by atoms with E-state index in [1.165, 1.54) is 0 Å². The smallest absolute Gasteiger partial charge is 0.240 e. The monoisotopic (exact) mass is 200 g/mol. The Morgan fingerprint density at radius 2 is 2.14 bits per heavy atom. The van der Waals surface area contributed by atoms with Gasteiger partial charge in [0.15, 0.2) is 0 Å². The van der Waals surface area contributed by atoms with Gasteiger partial charge < -0.3 is 15.7 Å². The number of hydrogen-bond acceptors (Lipinski definition) is 3. The fourth-order valence-electron chi connectivity index (χ4n) is 1.51. The number of likely N-dealkylation sites (tertiary alicyclic amines) is 1. The lowest BCUT2D eigenvalue weighted by molar-refractivity contribution is -0.134. The molecule has 0 aromatic heterocycles. The first-order valence-electron chi connectivity index (χ1n) is 5.05. The maximum absolute atomic E-state index is 11.8. The summed E-state index contributed by atoms with van der Waals surface area (Å²) in [6.45, 7) is 6.90. The van der Waals surface area contributed by atoms with Crippen LogP contribution in [0.2, 0.25) is 0 Å². The molecule has 1 fully saturated rings. The van der Waals surface area contributed by atoms with Gasteiger partial charge in [0.25, 0.3) is 0 Å². The van der Waals surface area contributed by atoms with E-state index in [4.69, 9.17) is 5.73 Å². The van der Waals surface area contributed by atoms with Crippen LogP contribution in [0, 0.1) is 5.41 Å². The third-order valence-corrected chi connectivity index (χ3v) is 2.67. The van der Waals surface area contributed by atoms with Gasteiger partial charge in [0.1, 0.15) is 0 Å². The molecule has 4 heteroatoms. The van der Waals surface area contributed by atoms with Crippen molar-refractivity contribution >= 4 is 5.91 Å². The maximum Gasteiger partial charge on any atom is 0.240 e. The molecule has 1 saturated heterocycles. The van der Waals surface area contributed by atoms with Crippen LogP contribution >= 0.6 is 0 Å². The largest absolute Gasteiger partial charge is 0.391 e. The Balaban J connectivity index is 2.57. The molecule has 0 aromatic carbocycles. The summed E-state index contributed by atoms with van der Waals surface area (Å²) in [5, 5.41) is 9.30. The molecule has 0 aromatic rings. The predicted molar refractivity (Wildman–Crippen MR) is 54.6 cm³/mol. The standard InChI is InChI=1S/C10H20N2O2/c1-10(2,3)8(11)9(14)12-5-4-7(13)6-12/h7-8,13H,4-6,11H2,1-3H3/t7-,8+/m1/s1. The Bertz CT molecular complexity index is 223. The number of hydrogen-bond donors (Lipinski definition) is 2. The van der Waals surface area contributed by atoms with Gasteiger partial charge in [-0.3, -0.25) is 4.79 Å². The molecule has 0 unspecified atom stereocenters. The van der Waals surface area contributed by atoms with Crippen LogP contribution < -0.4 is 5.73 Å². The second kappa shape index (κ2) is 3.87. The molecule has 0 saturated carbocycles. The fourth-order valence-corrected chi connectivity index (χ4v) is 1.51. The van der Waals surface area contributed by atoms with E-state index in [2.05, 4.69) is 0 Å². The first-order valence-corrected chi connectivity index (χ1v) is 5.05. The van der Waals surface area contributed by atoms with Crippen LogP contribution in [0.25, 0.3) is 0 Å². The predicted octanol–water partition coefficient (Wildman–Crippen LogP) is -0.0470. The molecule has 4 nitrogen and oxygen atoms in total. The van der Waals surface area contributed by atoms with Crippen LogP contribution in [0.3, 0.4) is 0 Å². The second-order valence-electron chi connectivity index (χ2n) is 5.07. The van der Waals surface area contributed by atoms with Crippen molar-refractivity contribution in [2.45, 2.75) is 39.3 Å². The number of rotatable bonds is 1. The summed E-state index contributed by atoms with van der Waals surface area (Å²) in [5.74, 6) is -0.0472. The summed E-state index contributed by atoms with van der Waals surface area (Å²) in [7, 11) is 0.